The van der Waals surface area contributed by atoms with Crippen LogP contribution in [0.25, 0.3) is 27.6 Å². The van der Waals surface area contributed by atoms with Crippen LogP contribution in [0.3, 0.4) is 0 Å². The molecule has 4 nitrogen and oxygen atoms in total. The maximum absolute atomic E-state index is 9.92. The summed E-state index contributed by atoms with van der Waals surface area (Å²) in [6, 6.07) is 8.26. The van der Waals surface area contributed by atoms with E-state index in [2.05, 4.69) is 40.8 Å². The van der Waals surface area contributed by atoms with Crippen LogP contribution < -0.4 is 5.22 Å². The molecule has 0 atom stereocenters. The van der Waals surface area contributed by atoms with Gasteiger partial charge in [-0.2, -0.15) is 0 Å². The van der Waals surface area contributed by atoms with Gasteiger partial charge in [0, 0.05) is 17.1 Å². The van der Waals surface area contributed by atoms with Crippen molar-refractivity contribution in [1.29, 1.82) is 0 Å². The summed E-state index contributed by atoms with van der Waals surface area (Å²) in [5, 5.41) is 12.9. The molecule has 25 heavy (non-hydrogen) atoms. The van der Waals surface area contributed by atoms with Gasteiger partial charge in [0.25, 0.3) is 0 Å². The Morgan fingerprint density at radius 1 is 1.00 bits per heavy atom. The Bertz CT molecular complexity index is 890. The SMILES string of the molecule is CCN(CC)CCc1ccc2cc/c(=C(/C)O)c3ncnc1c23.Cl.Cl. The summed E-state index contributed by atoms with van der Waals surface area (Å²) in [5.74, 6) is 0.292. The van der Waals surface area contributed by atoms with E-state index < -0.39 is 0 Å². The van der Waals surface area contributed by atoms with Gasteiger partial charge in [0.15, 0.2) is 0 Å². The Labute approximate surface area is 160 Å². The number of hydrogen-bond donors (Lipinski definition) is 1. The highest BCUT2D eigenvalue weighted by atomic mass is 35.5. The second-order valence-corrected chi connectivity index (χ2v) is 5.87. The lowest BCUT2D eigenvalue weighted by atomic mass is 10.0. The van der Waals surface area contributed by atoms with Crippen molar-refractivity contribution in [2.24, 2.45) is 0 Å². The number of rotatable bonds is 5. The van der Waals surface area contributed by atoms with Gasteiger partial charge in [-0.25, -0.2) is 9.97 Å². The molecule has 3 aromatic rings. The summed E-state index contributed by atoms with van der Waals surface area (Å²) in [5.41, 5.74) is 3.07. The highest BCUT2D eigenvalue weighted by Gasteiger charge is 2.11. The molecule has 3 rings (SSSR count). The number of benzene rings is 2. The van der Waals surface area contributed by atoms with Gasteiger partial charge in [-0.05, 0) is 43.5 Å². The normalized spacial score (nSPS) is 12.2. The molecule has 136 valence electrons. The standard InChI is InChI=1S/C19H23N3O.2ClH/c1-4-22(5-2)11-10-15-7-6-14-8-9-16(13(3)23)19-17(14)18(15)20-12-21-19;;/h6-9,12,23H,4-5,10-11H2,1-3H3;2*1H/b16-13+;;. The highest BCUT2D eigenvalue weighted by Crippen LogP contribution is 2.25. The number of aromatic nitrogens is 2. The summed E-state index contributed by atoms with van der Waals surface area (Å²) in [6.45, 7) is 9.23. The molecular formula is C19H25Cl2N3O. The van der Waals surface area contributed by atoms with Gasteiger partial charge in [0.1, 0.15) is 6.33 Å². The van der Waals surface area contributed by atoms with E-state index in [1.165, 1.54) is 5.56 Å². The highest BCUT2D eigenvalue weighted by molar-refractivity contribution is 6.08. The van der Waals surface area contributed by atoms with Crippen molar-refractivity contribution in [3.63, 3.8) is 0 Å². The number of nitrogens with zero attached hydrogens (tertiary/aromatic N) is 3. The molecule has 0 aliphatic heterocycles. The van der Waals surface area contributed by atoms with Crippen molar-refractivity contribution < 1.29 is 5.11 Å². The van der Waals surface area contributed by atoms with E-state index in [9.17, 15) is 5.11 Å². The number of aliphatic hydroxyl groups excluding tert-OH is 1. The third-order valence-corrected chi connectivity index (χ3v) is 4.57. The minimum absolute atomic E-state index is 0. The molecule has 0 saturated heterocycles. The molecule has 0 saturated carbocycles. The zero-order valence-electron chi connectivity index (χ0n) is 14.8. The Morgan fingerprint density at radius 3 is 2.28 bits per heavy atom. The van der Waals surface area contributed by atoms with Crippen molar-refractivity contribution in [2.75, 3.05) is 19.6 Å². The van der Waals surface area contributed by atoms with Crippen molar-refractivity contribution in [3.8, 4) is 0 Å². The van der Waals surface area contributed by atoms with Crippen molar-refractivity contribution in [3.05, 3.63) is 41.4 Å². The zero-order valence-corrected chi connectivity index (χ0v) is 16.5. The van der Waals surface area contributed by atoms with Gasteiger partial charge in [-0.15, -0.1) is 24.8 Å². The lowest BCUT2D eigenvalue weighted by Gasteiger charge is -2.18. The second-order valence-electron chi connectivity index (χ2n) is 5.87. The fourth-order valence-corrected chi connectivity index (χ4v) is 3.16. The molecule has 2 aromatic carbocycles. The number of halogens is 2. The summed E-state index contributed by atoms with van der Waals surface area (Å²) >= 11 is 0. The minimum atomic E-state index is 0. The Balaban J connectivity index is 0.00000156. The van der Waals surface area contributed by atoms with E-state index in [0.29, 0.717) is 5.76 Å². The largest absolute Gasteiger partial charge is 0.512 e. The van der Waals surface area contributed by atoms with E-state index in [0.717, 1.165) is 53.1 Å². The first-order valence-electron chi connectivity index (χ1n) is 8.23. The Kier molecular flexibility index (Phi) is 7.87. The van der Waals surface area contributed by atoms with E-state index in [1.54, 1.807) is 13.3 Å². The van der Waals surface area contributed by atoms with E-state index in [4.69, 9.17) is 0 Å². The molecule has 0 unspecified atom stereocenters. The Morgan fingerprint density at radius 2 is 1.64 bits per heavy atom. The van der Waals surface area contributed by atoms with Crippen molar-refractivity contribution in [2.45, 2.75) is 27.2 Å². The Hall–Kier alpha value is -1.62. The smallest absolute Gasteiger partial charge is 0.116 e. The van der Waals surface area contributed by atoms with Crippen LogP contribution in [0.1, 0.15) is 26.3 Å². The van der Waals surface area contributed by atoms with E-state index in [-0.39, 0.29) is 24.8 Å². The monoisotopic (exact) mass is 381 g/mol. The van der Waals surface area contributed by atoms with Crippen LogP contribution in [-0.2, 0) is 6.42 Å². The molecule has 0 aliphatic carbocycles. The van der Waals surface area contributed by atoms with Crippen LogP contribution >= 0.6 is 24.8 Å². The number of hydrogen-bond acceptors (Lipinski definition) is 4. The van der Waals surface area contributed by atoms with Crippen LogP contribution in [-0.4, -0.2) is 39.6 Å². The average molecular weight is 382 g/mol. The van der Waals surface area contributed by atoms with Crippen LogP contribution in [0.4, 0.5) is 0 Å². The molecule has 0 bridgehead atoms. The molecule has 6 heteroatoms. The third kappa shape index (κ3) is 4.14. The maximum Gasteiger partial charge on any atom is 0.116 e. The summed E-state index contributed by atoms with van der Waals surface area (Å²) in [4.78, 5) is 11.4. The molecule has 0 spiro atoms. The lowest BCUT2D eigenvalue weighted by Crippen LogP contribution is -2.25. The van der Waals surface area contributed by atoms with E-state index >= 15 is 0 Å². The molecular weight excluding hydrogens is 357 g/mol. The van der Waals surface area contributed by atoms with Crippen LogP contribution in [0.5, 0.6) is 0 Å². The molecule has 0 radical (unpaired) electrons. The number of aliphatic hydroxyl groups is 1. The maximum atomic E-state index is 9.92. The third-order valence-electron chi connectivity index (χ3n) is 4.57. The fourth-order valence-electron chi connectivity index (χ4n) is 3.16. The molecule has 0 amide bonds. The molecule has 0 aliphatic rings. The lowest BCUT2D eigenvalue weighted by molar-refractivity contribution is 0.308. The first-order chi connectivity index (χ1) is 11.2. The topological polar surface area (TPSA) is 49.2 Å². The van der Waals surface area contributed by atoms with Crippen LogP contribution in [0.2, 0.25) is 0 Å². The zero-order chi connectivity index (χ0) is 16.4. The molecule has 0 fully saturated rings. The summed E-state index contributed by atoms with van der Waals surface area (Å²) in [7, 11) is 0. The van der Waals surface area contributed by atoms with Gasteiger partial charge in [0.05, 0.1) is 16.8 Å². The van der Waals surface area contributed by atoms with Crippen LogP contribution in [0, 0.1) is 0 Å². The van der Waals surface area contributed by atoms with Gasteiger partial charge >= 0.3 is 0 Å². The predicted molar refractivity (Wildman–Crippen MR) is 110 cm³/mol. The van der Waals surface area contributed by atoms with Gasteiger partial charge in [-0.1, -0.05) is 32.0 Å². The predicted octanol–water partition coefficient (Wildman–Crippen LogP) is 3.92. The van der Waals surface area contributed by atoms with Crippen LogP contribution in [0.15, 0.2) is 30.6 Å². The fraction of sp³-hybridized carbons (Fsp3) is 0.368. The second kappa shape index (κ2) is 9.18. The quantitative estimate of drug-likeness (QED) is 0.727. The van der Waals surface area contributed by atoms with E-state index in [1.807, 2.05) is 12.1 Å². The minimum Gasteiger partial charge on any atom is -0.512 e. The molecule has 1 N–H and O–H groups in total. The van der Waals surface area contributed by atoms with Crippen molar-refractivity contribution in [1.82, 2.24) is 14.9 Å². The number of likely N-dealkylation sites (N-methyl/N-ethyl adjacent to an activating group) is 1. The summed E-state index contributed by atoms with van der Waals surface area (Å²) < 4.78 is 0. The van der Waals surface area contributed by atoms with Crippen molar-refractivity contribution >= 4 is 52.4 Å². The van der Waals surface area contributed by atoms with Gasteiger partial charge in [-0.3, -0.25) is 0 Å². The summed E-state index contributed by atoms with van der Waals surface area (Å²) in [6.07, 6.45) is 2.57. The molecule has 1 aromatic heterocycles. The molecule has 1 heterocycles. The van der Waals surface area contributed by atoms with Gasteiger partial charge in [0.2, 0.25) is 0 Å². The first kappa shape index (κ1) is 21.4. The average Bonchev–Trinajstić information content (AvgIpc) is 2.57. The first-order valence-corrected chi connectivity index (χ1v) is 8.23. The van der Waals surface area contributed by atoms with Gasteiger partial charge < -0.3 is 10.0 Å².